The highest BCUT2D eigenvalue weighted by Gasteiger charge is 2.50. The third kappa shape index (κ3) is 3.45. The van der Waals surface area contributed by atoms with Crippen LogP contribution in [0.4, 0.5) is 10.6 Å². The Hall–Kier alpha value is -1.53. The second-order valence-electron chi connectivity index (χ2n) is 9.02. The molecule has 0 unspecified atom stereocenters. The van der Waals surface area contributed by atoms with Gasteiger partial charge in [-0.15, -0.1) is 0 Å². The fourth-order valence-electron chi connectivity index (χ4n) is 4.21. The zero-order valence-corrected chi connectivity index (χ0v) is 19.0. The van der Waals surface area contributed by atoms with Crippen molar-refractivity contribution < 1.29 is 9.53 Å². The molecule has 150 valence electrons. The van der Waals surface area contributed by atoms with E-state index >= 15 is 0 Å². The standard InChI is InChI=1S/C21H25BrClN3O2/c1-13-17(23)16-14(22)6-5-7-15(16)24-18(13)25-9-8-21(10-25)11-26(12-21)19(27)28-20(2,3)4/h5-7H,8-12H2,1-4H3. The van der Waals surface area contributed by atoms with Crippen LogP contribution >= 0.6 is 27.5 Å². The highest BCUT2D eigenvalue weighted by atomic mass is 79.9. The quantitative estimate of drug-likeness (QED) is 0.564. The first-order valence-corrected chi connectivity index (χ1v) is 10.7. The number of amides is 1. The minimum absolute atomic E-state index is 0.129. The first-order valence-electron chi connectivity index (χ1n) is 9.56. The van der Waals surface area contributed by atoms with E-state index in [4.69, 9.17) is 21.3 Å². The number of anilines is 1. The van der Waals surface area contributed by atoms with E-state index in [1.807, 2.05) is 45.9 Å². The van der Waals surface area contributed by atoms with Crippen LogP contribution in [0.1, 0.15) is 32.8 Å². The lowest BCUT2D eigenvalue weighted by molar-refractivity contribution is -0.0266. The Morgan fingerprint density at radius 3 is 2.68 bits per heavy atom. The summed E-state index contributed by atoms with van der Waals surface area (Å²) >= 11 is 10.3. The molecule has 2 aromatic rings. The predicted molar refractivity (Wildman–Crippen MR) is 116 cm³/mol. The minimum Gasteiger partial charge on any atom is -0.444 e. The van der Waals surface area contributed by atoms with Crippen LogP contribution in [-0.4, -0.2) is 47.8 Å². The Balaban J connectivity index is 1.52. The molecule has 0 saturated carbocycles. The average Bonchev–Trinajstić information content (AvgIpc) is 3.00. The molecule has 2 fully saturated rings. The van der Waals surface area contributed by atoms with Gasteiger partial charge in [0, 0.05) is 47.0 Å². The molecule has 1 amide bonds. The summed E-state index contributed by atoms with van der Waals surface area (Å²) in [5, 5.41) is 1.71. The molecule has 2 aliphatic heterocycles. The van der Waals surface area contributed by atoms with Crippen LogP contribution in [0.15, 0.2) is 22.7 Å². The van der Waals surface area contributed by atoms with Crippen LogP contribution in [-0.2, 0) is 4.74 Å². The number of hydrogen-bond acceptors (Lipinski definition) is 4. The summed E-state index contributed by atoms with van der Waals surface area (Å²) in [6.07, 6.45) is 0.825. The third-order valence-electron chi connectivity index (χ3n) is 5.54. The number of nitrogens with zero attached hydrogens (tertiary/aromatic N) is 3. The minimum atomic E-state index is -0.460. The number of aromatic nitrogens is 1. The van der Waals surface area contributed by atoms with Crippen LogP contribution in [0.2, 0.25) is 5.02 Å². The summed E-state index contributed by atoms with van der Waals surface area (Å²) < 4.78 is 6.45. The number of carbonyl (C=O) groups excluding carboxylic acids is 1. The second-order valence-corrected chi connectivity index (χ2v) is 10.2. The topological polar surface area (TPSA) is 45.7 Å². The zero-order valence-electron chi connectivity index (χ0n) is 16.7. The van der Waals surface area contributed by atoms with Gasteiger partial charge in [-0.1, -0.05) is 33.6 Å². The number of carbonyl (C=O) groups is 1. The lowest BCUT2D eigenvalue weighted by atomic mass is 9.79. The summed E-state index contributed by atoms with van der Waals surface area (Å²) in [4.78, 5) is 21.3. The molecule has 3 heterocycles. The smallest absolute Gasteiger partial charge is 0.410 e. The maximum atomic E-state index is 12.3. The normalized spacial score (nSPS) is 18.6. The van der Waals surface area contributed by atoms with Gasteiger partial charge in [-0.05, 0) is 46.2 Å². The van der Waals surface area contributed by atoms with Crippen molar-refractivity contribution in [2.75, 3.05) is 31.1 Å². The zero-order chi connectivity index (χ0) is 20.3. The van der Waals surface area contributed by atoms with Gasteiger partial charge >= 0.3 is 6.09 Å². The Labute approximate surface area is 179 Å². The number of ether oxygens (including phenoxy) is 1. The summed E-state index contributed by atoms with van der Waals surface area (Å²) in [5.74, 6) is 0.947. The third-order valence-corrected chi connectivity index (χ3v) is 6.68. The fourth-order valence-corrected chi connectivity index (χ4v) is 5.16. The molecule has 0 aliphatic carbocycles. The molecule has 4 rings (SSSR count). The molecule has 0 atom stereocenters. The molecule has 5 nitrogen and oxygen atoms in total. The monoisotopic (exact) mass is 465 g/mol. The van der Waals surface area contributed by atoms with Gasteiger partial charge in [-0.2, -0.15) is 0 Å². The molecule has 0 N–H and O–H groups in total. The number of pyridine rings is 1. The molecule has 2 aliphatic rings. The Bertz CT molecular complexity index is 951. The number of halogens is 2. The van der Waals surface area contributed by atoms with E-state index in [1.54, 1.807) is 4.90 Å². The van der Waals surface area contributed by atoms with Crippen LogP contribution in [0.5, 0.6) is 0 Å². The molecular formula is C21H25BrClN3O2. The van der Waals surface area contributed by atoms with Crippen LogP contribution in [0.25, 0.3) is 10.9 Å². The van der Waals surface area contributed by atoms with Gasteiger partial charge in [0.15, 0.2) is 0 Å². The number of fused-ring (bicyclic) bond motifs is 1. The van der Waals surface area contributed by atoms with Gasteiger partial charge in [-0.25, -0.2) is 9.78 Å². The lowest BCUT2D eigenvalue weighted by Gasteiger charge is -2.47. The van der Waals surface area contributed by atoms with E-state index in [-0.39, 0.29) is 11.5 Å². The molecule has 1 aromatic heterocycles. The van der Waals surface area contributed by atoms with E-state index in [0.717, 1.165) is 64.4 Å². The first kappa shape index (κ1) is 19.8. The van der Waals surface area contributed by atoms with Crippen LogP contribution < -0.4 is 4.90 Å². The Kier molecular flexibility index (Phi) is 4.78. The molecule has 2 saturated heterocycles. The van der Waals surface area contributed by atoms with Crippen molar-refractivity contribution in [1.29, 1.82) is 0 Å². The molecule has 7 heteroatoms. The second kappa shape index (κ2) is 6.77. The van der Waals surface area contributed by atoms with Crippen molar-refractivity contribution in [3.8, 4) is 0 Å². The van der Waals surface area contributed by atoms with Gasteiger partial charge in [0.05, 0.1) is 10.5 Å². The van der Waals surface area contributed by atoms with E-state index < -0.39 is 5.60 Å². The molecular weight excluding hydrogens is 442 g/mol. The van der Waals surface area contributed by atoms with Crippen molar-refractivity contribution in [3.63, 3.8) is 0 Å². The maximum absolute atomic E-state index is 12.3. The molecule has 1 aromatic carbocycles. The van der Waals surface area contributed by atoms with Crippen molar-refractivity contribution in [2.45, 2.75) is 39.7 Å². The fraction of sp³-hybridized carbons (Fsp3) is 0.524. The van der Waals surface area contributed by atoms with Crippen molar-refractivity contribution in [2.24, 2.45) is 5.41 Å². The van der Waals surface area contributed by atoms with Crippen molar-refractivity contribution >= 4 is 50.3 Å². The van der Waals surface area contributed by atoms with Gasteiger partial charge in [0.1, 0.15) is 11.4 Å². The predicted octanol–water partition coefficient (Wildman–Crippen LogP) is 5.41. The highest BCUT2D eigenvalue weighted by molar-refractivity contribution is 9.10. The van der Waals surface area contributed by atoms with Gasteiger partial charge in [-0.3, -0.25) is 0 Å². The first-order chi connectivity index (χ1) is 13.1. The summed E-state index contributed by atoms with van der Waals surface area (Å²) in [6, 6.07) is 5.96. The van der Waals surface area contributed by atoms with Crippen molar-refractivity contribution in [3.05, 3.63) is 33.3 Å². The van der Waals surface area contributed by atoms with Crippen LogP contribution in [0.3, 0.4) is 0 Å². The average molecular weight is 467 g/mol. The van der Waals surface area contributed by atoms with E-state index in [1.165, 1.54) is 0 Å². The molecule has 1 spiro atoms. The Morgan fingerprint density at radius 1 is 1.29 bits per heavy atom. The van der Waals surface area contributed by atoms with Gasteiger partial charge < -0.3 is 14.5 Å². The van der Waals surface area contributed by atoms with E-state index in [0.29, 0.717) is 0 Å². The summed E-state index contributed by atoms with van der Waals surface area (Å²) in [5.41, 5.74) is 1.56. The molecule has 0 bridgehead atoms. The largest absolute Gasteiger partial charge is 0.444 e. The van der Waals surface area contributed by atoms with E-state index in [2.05, 4.69) is 20.8 Å². The number of rotatable bonds is 1. The number of benzene rings is 1. The number of hydrogen-bond donors (Lipinski definition) is 0. The Morgan fingerprint density at radius 2 is 2.00 bits per heavy atom. The lowest BCUT2D eigenvalue weighted by Crippen LogP contribution is -2.60. The highest BCUT2D eigenvalue weighted by Crippen LogP contribution is 2.44. The number of likely N-dealkylation sites (tertiary alicyclic amines) is 1. The summed E-state index contributed by atoms with van der Waals surface area (Å²) in [7, 11) is 0. The SMILES string of the molecule is Cc1c(N2CCC3(CN(C(=O)OC(C)(C)C)C3)C2)nc2cccc(Br)c2c1Cl. The van der Waals surface area contributed by atoms with Crippen LogP contribution in [0, 0.1) is 12.3 Å². The molecule has 0 radical (unpaired) electrons. The van der Waals surface area contributed by atoms with Gasteiger partial charge in [0.25, 0.3) is 0 Å². The van der Waals surface area contributed by atoms with Gasteiger partial charge in [0.2, 0.25) is 0 Å². The van der Waals surface area contributed by atoms with Crippen molar-refractivity contribution in [1.82, 2.24) is 9.88 Å². The van der Waals surface area contributed by atoms with E-state index in [9.17, 15) is 4.79 Å². The maximum Gasteiger partial charge on any atom is 0.410 e. The summed E-state index contributed by atoms with van der Waals surface area (Å²) in [6.45, 7) is 11.0. The molecule has 28 heavy (non-hydrogen) atoms.